The van der Waals surface area contributed by atoms with E-state index >= 15 is 0 Å². The van der Waals surface area contributed by atoms with Gasteiger partial charge < -0.3 is 15.0 Å². The molecule has 1 aliphatic rings. The molecule has 120 valence electrons. The smallest absolute Gasteiger partial charge is 0.317 e. The Balaban J connectivity index is 1.76. The molecular formula is C16H21FN2O3. The Bertz CT molecular complexity index is 528. The second kappa shape index (κ2) is 7.77. The van der Waals surface area contributed by atoms with E-state index in [9.17, 15) is 14.0 Å². The molecule has 1 saturated heterocycles. The van der Waals surface area contributed by atoms with Crippen molar-refractivity contribution in [1.29, 1.82) is 0 Å². The summed E-state index contributed by atoms with van der Waals surface area (Å²) in [4.78, 5) is 25.4. The van der Waals surface area contributed by atoms with E-state index in [-0.39, 0.29) is 30.3 Å². The maximum atomic E-state index is 13.1. The third-order valence-corrected chi connectivity index (χ3v) is 3.73. The van der Waals surface area contributed by atoms with Gasteiger partial charge >= 0.3 is 12.0 Å². The minimum atomic E-state index is -0.318. The first kappa shape index (κ1) is 16.3. The van der Waals surface area contributed by atoms with Crippen molar-refractivity contribution in [2.45, 2.75) is 26.3 Å². The lowest BCUT2D eigenvalue weighted by Gasteiger charge is -2.30. The van der Waals surface area contributed by atoms with Crippen molar-refractivity contribution in [2.24, 2.45) is 5.92 Å². The molecule has 0 spiro atoms. The van der Waals surface area contributed by atoms with Crippen LogP contribution < -0.4 is 5.32 Å². The van der Waals surface area contributed by atoms with Crippen molar-refractivity contribution in [3.63, 3.8) is 0 Å². The highest BCUT2D eigenvalue weighted by Crippen LogP contribution is 2.18. The Kier molecular flexibility index (Phi) is 5.75. The zero-order chi connectivity index (χ0) is 15.9. The third-order valence-electron chi connectivity index (χ3n) is 3.73. The highest BCUT2D eigenvalue weighted by atomic mass is 19.1. The van der Waals surface area contributed by atoms with E-state index in [1.807, 2.05) is 0 Å². The van der Waals surface area contributed by atoms with Crippen LogP contribution in [-0.2, 0) is 16.1 Å². The van der Waals surface area contributed by atoms with Gasteiger partial charge in [0.05, 0.1) is 12.5 Å². The number of hydrogen-bond donors (Lipinski definition) is 1. The van der Waals surface area contributed by atoms with E-state index in [0.29, 0.717) is 32.5 Å². The summed E-state index contributed by atoms with van der Waals surface area (Å²) in [7, 11) is 0. The Morgan fingerprint density at radius 2 is 2.09 bits per heavy atom. The second-order valence-corrected chi connectivity index (χ2v) is 5.30. The number of rotatable bonds is 4. The van der Waals surface area contributed by atoms with E-state index in [0.717, 1.165) is 5.56 Å². The van der Waals surface area contributed by atoms with Crippen molar-refractivity contribution >= 4 is 12.0 Å². The molecule has 1 aliphatic heterocycles. The molecule has 0 unspecified atom stereocenters. The van der Waals surface area contributed by atoms with Gasteiger partial charge in [0.15, 0.2) is 0 Å². The molecule has 0 atom stereocenters. The largest absolute Gasteiger partial charge is 0.466 e. The fourth-order valence-electron chi connectivity index (χ4n) is 2.51. The summed E-state index contributed by atoms with van der Waals surface area (Å²) in [5.74, 6) is -0.614. The molecule has 1 aromatic rings. The Hall–Kier alpha value is -2.11. The van der Waals surface area contributed by atoms with Gasteiger partial charge in [-0.25, -0.2) is 9.18 Å². The molecule has 5 nitrogen and oxygen atoms in total. The predicted octanol–water partition coefficient (Wildman–Crippen LogP) is 2.31. The number of likely N-dealkylation sites (tertiary alicyclic amines) is 1. The van der Waals surface area contributed by atoms with Crippen molar-refractivity contribution in [2.75, 3.05) is 19.7 Å². The predicted molar refractivity (Wildman–Crippen MR) is 79.6 cm³/mol. The maximum Gasteiger partial charge on any atom is 0.317 e. The van der Waals surface area contributed by atoms with Crippen LogP contribution in [0.5, 0.6) is 0 Å². The fraction of sp³-hybridized carbons (Fsp3) is 0.500. The van der Waals surface area contributed by atoms with E-state index in [2.05, 4.69) is 5.32 Å². The molecule has 0 aromatic heterocycles. The Morgan fingerprint density at radius 3 is 2.73 bits per heavy atom. The molecule has 2 rings (SSSR count). The van der Waals surface area contributed by atoms with Crippen LogP contribution in [-0.4, -0.2) is 36.6 Å². The summed E-state index contributed by atoms with van der Waals surface area (Å²) >= 11 is 0. The normalized spacial score (nSPS) is 15.5. The average molecular weight is 308 g/mol. The lowest BCUT2D eigenvalue weighted by atomic mass is 9.97. The molecule has 1 fully saturated rings. The van der Waals surface area contributed by atoms with Crippen LogP contribution in [0, 0.1) is 11.7 Å². The molecular weight excluding hydrogens is 287 g/mol. The Morgan fingerprint density at radius 1 is 1.36 bits per heavy atom. The molecule has 22 heavy (non-hydrogen) atoms. The van der Waals surface area contributed by atoms with Crippen LogP contribution in [0.15, 0.2) is 24.3 Å². The first-order valence-electron chi connectivity index (χ1n) is 7.54. The molecule has 6 heteroatoms. The maximum absolute atomic E-state index is 13.1. The second-order valence-electron chi connectivity index (χ2n) is 5.30. The summed E-state index contributed by atoms with van der Waals surface area (Å²) in [6.07, 6.45) is 1.23. The number of hydrogen-bond acceptors (Lipinski definition) is 3. The molecule has 1 heterocycles. The summed E-state index contributed by atoms with van der Waals surface area (Å²) in [5.41, 5.74) is 0.717. The monoisotopic (exact) mass is 308 g/mol. The van der Waals surface area contributed by atoms with Crippen molar-refractivity contribution in [1.82, 2.24) is 10.2 Å². The molecule has 2 amide bonds. The number of halogens is 1. The van der Waals surface area contributed by atoms with E-state index < -0.39 is 0 Å². The molecule has 1 aromatic carbocycles. The van der Waals surface area contributed by atoms with Gasteiger partial charge in [0, 0.05) is 19.6 Å². The first-order valence-corrected chi connectivity index (χ1v) is 7.54. The van der Waals surface area contributed by atoms with Crippen LogP contribution in [0.3, 0.4) is 0 Å². The summed E-state index contributed by atoms with van der Waals surface area (Å²) in [6, 6.07) is 5.95. The van der Waals surface area contributed by atoms with E-state index in [4.69, 9.17) is 4.74 Å². The third kappa shape index (κ3) is 4.44. The first-order chi connectivity index (χ1) is 10.6. The highest BCUT2D eigenvalue weighted by Gasteiger charge is 2.27. The van der Waals surface area contributed by atoms with Crippen LogP contribution >= 0.6 is 0 Å². The zero-order valence-corrected chi connectivity index (χ0v) is 12.7. The number of carbonyl (C=O) groups is 2. The summed E-state index contributed by atoms with van der Waals surface area (Å²) in [6.45, 7) is 3.51. The van der Waals surface area contributed by atoms with Gasteiger partial charge in [-0.05, 0) is 37.5 Å². The molecule has 0 bridgehead atoms. The molecule has 0 radical (unpaired) electrons. The van der Waals surface area contributed by atoms with Crippen molar-refractivity contribution < 1.29 is 18.7 Å². The van der Waals surface area contributed by atoms with Crippen LogP contribution in [0.2, 0.25) is 0 Å². The number of ether oxygens (including phenoxy) is 1. The van der Waals surface area contributed by atoms with E-state index in [1.54, 1.807) is 24.0 Å². The molecule has 0 saturated carbocycles. The number of urea groups is 1. The topological polar surface area (TPSA) is 58.6 Å². The average Bonchev–Trinajstić information content (AvgIpc) is 2.53. The minimum Gasteiger partial charge on any atom is -0.466 e. The number of esters is 1. The van der Waals surface area contributed by atoms with Gasteiger partial charge in [-0.15, -0.1) is 0 Å². The fourth-order valence-corrected chi connectivity index (χ4v) is 2.51. The van der Waals surface area contributed by atoms with Gasteiger partial charge in [0.2, 0.25) is 0 Å². The zero-order valence-electron chi connectivity index (χ0n) is 12.7. The number of carbonyl (C=O) groups excluding carboxylic acids is 2. The Labute approximate surface area is 129 Å². The SMILES string of the molecule is CCOC(=O)C1CCN(C(=O)NCc2cccc(F)c2)CC1. The van der Waals surface area contributed by atoms with Gasteiger partial charge in [-0.1, -0.05) is 12.1 Å². The quantitative estimate of drug-likeness (QED) is 0.868. The minimum absolute atomic E-state index is 0.118. The number of benzene rings is 1. The molecule has 1 N–H and O–H groups in total. The van der Waals surface area contributed by atoms with Gasteiger partial charge in [0.25, 0.3) is 0 Å². The van der Waals surface area contributed by atoms with Crippen LogP contribution in [0.25, 0.3) is 0 Å². The number of piperidine rings is 1. The van der Waals surface area contributed by atoms with Crippen LogP contribution in [0.1, 0.15) is 25.3 Å². The summed E-state index contributed by atoms with van der Waals surface area (Å²) < 4.78 is 18.1. The summed E-state index contributed by atoms with van der Waals surface area (Å²) in [5, 5.41) is 2.77. The highest BCUT2D eigenvalue weighted by molar-refractivity contribution is 5.76. The van der Waals surface area contributed by atoms with E-state index in [1.165, 1.54) is 12.1 Å². The number of nitrogens with zero attached hydrogens (tertiary/aromatic N) is 1. The van der Waals surface area contributed by atoms with Gasteiger partial charge in [-0.2, -0.15) is 0 Å². The van der Waals surface area contributed by atoms with Crippen molar-refractivity contribution in [3.8, 4) is 0 Å². The lowest BCUT2D eigenvalue weighted by Crippen LogP contribution is -2.45. The van der Waals surface area contributed by atoms with Crippen LogP contribution in [0.4, 0.5) is 9.18 Å². The van der Waals surface area contributed by atoms with Crippen molar-refractivity contribution in [3.05, 3.63) is 35.6 Å². The van der Waals surface area contributed by atoms with Gasteiger partial charge in [-0.3, -0.25) is 4.79 Å². The number of amides is 2. The lowest BCUT2D eigenvalue weighted by molar-refractivity contribution is -0.149. The molecule has 0 aliphatic carbocycles. The number of nitrogens with one attached hydrogen (secondary N) is 1. The van der Waals surface area contributed by atoms with Gasteiger partial charge in [0.1, 0.15) is 5.82 Å². The standard InChI is InChI=1S/C16H21FN2O3/c1-2-22-15(20)13-6-8-19(9-7-13)16(21)18-11-12-4-3-5-14(17)10-12/h3-5,10,13H,2,6-9,11H2,1H3,(H,18,21).